The molecule has 2 heterocycles. The van der Waals surface area contributed by atoms with E-state index in [1.165, 1.54) is 0 Å². The van der Waals surface area contributed by atoms with E-state index in [0.29, 0.717) is 5.56 Å². The van der Waals surface area contributed by atoms with Crippen molar-refractivity contribution in [3.63, 3.8) is 0 Å². The summed E-state index contributed by atoms with van der Waals surface area (Å²) in [6, 6.07) is 5.93. The fourth-order valence-corrected chi connectivity index (χ4v) is 3.05. The molecule has 1 atom stereocenters. The van der Waals surface area contributed by atoms with Gasteiger partial charge >= 0.3 is 7.12 Å². The molecule has 2 aliphatic heterocycles. The van der Waals surface area contributed by atoms with Crippen molar-refractivity contribution in [1.29, 1.82) is 0 Å². The van der Waals surface area contributed by atoms with E-state index in [1.54, 1.807) is 0 Å². The molecule has 138 valence electrons. The molecule has 7 heteroatoms. The van der Waals surface area contributed by atoms with E-state index in [2.05, 4.69) is 10.6 Å². The van der Waals surface area contributed by atoms with Gasteiger partial charge in [0.05, 0.1) is 11.2 Å². The fourth-order valence-electron chi connectivity index (χ4n) is 3.05. The Morgan fingerprint density at radius 1 is 1.24 bits per heavy atom. The lowest BCUT2D eigenvalue weighted by Gasteiger charge is -2.32. The topological polar surface area (TPSA) is 59.6 Å². The number of halogens is 1. The van der Waals surface area contributed by atoms with Crippen LogP contribution >= 0.6 is 12.4 Å². The third kappa shape index (κ3) is 4.03. The zero-order valence-electron chi connectivity index (χ0n) is 15.6. The van der Waals surface area contributed by atoms with Gasteiger partial charge in [0.1, 0.15) is 0 Å². The first-order chi connectivity index (χ1) is 11.2. The zero-order valence-corrected chi connectivity index (χ0v) is 16.5. The number of carbonyl (C=O) groups excluding carboxylic acids is 1. The molecule has 2 fully saturated rings. The van der Waals surface area contributed by atoms with Gasteiger partial charge in [0, 0.05) is 18.2 Å². The quantitative estimate of drug-likeness (QED) is 0.801. The van der Waals surface area contributed by atoms with E-state index in [-0.39, 0.29) is 24.4 Å². The summed E-state index contributed by atoms with van der Waals surface area (Å²) in [7, 11) is -0.448. The van der Waals surface area contributed by atoms with Crippen LogP contribution in [0.2, 0.25) is 0 Å². The summed E-state index contributed by atoms with van der Waals surface area (Å²) in [5, 5.41) is 6.34. The molecule has 2 saturated heterocycles. The van der Waals surface area contributed by atoms with Gasteiger partial charge in [0.2, 0.25) is 0 Å². The Balaban J connectivity index is 0.00000225. The predicted octanol–water partition coefficient (Wildman–Crippen LogP) is 1.81. The molecule has 1 aromatic carbocycles. The first-order valence-corrected chi connectivity index (χ1v) is 8.67. The van der Waals surface area contributed by atoms with E-state index in [4.69, 9.17) is 9.31 Å². The van der Waals surface area contributed by atoms with Crippen molar-refractivity contribution in [1.82, 2.24) is 10.6 Å². The Morgan fingerprint density at radius 2 is 1.88 bits per heavy atom. The van der Waals surface area contributed by atoms with Crippen LogP contribution in [-0.2, 0) is 9.31 Å². The molecule has 3 rings (SSSR count). The summed E-state index contributed by atoms with van der Waals surface area (Å²) in [6.07, 6.45) is 0.974. The maximum atomic E-state index is 12.5. The standard InChI is InChI=1S/C18H27BN2O3.ClH/c1-12-6-7-13(16(22)21-14-8-9-20-11-14)10-15(12)19-23-17(2,3)18(4,5)24-19;/h6-7,10,14,20H,8-9,11H2,1-5H3,(H,21,22);1H/t14-;/m0./s1. The van der Waals surface area contributed by atoms with Crippen LogP contribution < -0.4 is 16.1 Å². The van der Waals surface area contributed by atoms with Gasteiger partial charge in [-0.25, -0.2) is 0 Å². The predicted molar refractivity (Wildman–Crippen MR) is 103 cm³/mol. The van der Waals surface area contributed by atoms with Gasteiger partial charge in [0.25, 0.3) is 5.91 Å². The third-order valence-corrected chi connectivity index (χ3v) is 5.44. The lowest BCUT2D eigenvalue weighted by Crippen LogP contribution is -2.41. The van der Waals surface area contributed by atoms with Crippen molar-refractivity contribution >= 4 is 30.9 Å². The molecule has 2 N–H and O–H groups in total. The monoisotopic (exact) mass is 366 g/mol. The highest BCUT2D eigenvalue weighted by molar-refractivity contribution is 6.62. The summed E-state index contributed by atoms with van der Waals surface area (Å²) in [6.45, 7) is 11.9. The van der Waals surface area contributed by atoms with E-state index >= 15 is 0 Å². The second kappa shape index (κ2) is 7.27. The van der Waals surface area contributed by atoms with Crippen molar-refractivity contribution < 1.29 is 14.1 Å². The molecule has 0 unspecified atom stereocenters. The van der Waals surface area contributed by atoms with Crippen molar-refractivity contribution in [3.05, 3.63) is 29.3 Å². The molecule has 0 bridgehead atoms. The number of hydrogen-bond donors (Lipinski definition) is 2. The number of amides is 1. The molecule has 0 saturated carbocycles. The molecule has 1 amide bonds. The van der Waals surface area contributed by atoms with Crippen molar-refractivity contribution in [2.45, 2.75) is 58.3 Å². The number of aryl methyl sites for hydroxylation is 1. The van der Waals surface area contributed by atoms with Gasteiger partial charge < -0.3 is 19.9 Å². The third-order valence-electron chi connectivity index (χ3n) is 5.44. The molecule has 25 heavy (non-hydrogen) atoms. The molecule has 0 radical (unpaired) electrons. The van der Waals surface area contributed by atoms with Crippen LogP contribution in [0.4, 0.5) is 0 Å². The molecule has 5 nitrogen and oxygen atoms in total. The first kappa shape index (κ1) is 20.2. The number of nitrogens with one attached hydrogen (secondary N) is 2. The normalized spacial score (nSPS) is 24.0. The van der Waals surface area contributed by atoms with Gasteiger partial charge in [-0.15, -0.1) is 12.4 Å². The number of hydrogen-bond acceptors (Lipinski definition) is 4. The summed E-state index contributed by atoms with van der Waals surface area (Å²) in [5.74, 6) is -0.0403. The average molecular weight is 367 g/mol. The highest BCUT2D eigenvalue weighted by Crippen LogP contribution is 2.36. The average Bonchev–Trinajstić information content (AvgIpc) is 3.05. The van der Waals surface area contributed by atoms with Gasteiger partial charge in [-0.3, -0.25) is 4.79 Å². The molecular weight excluding hydrogens is 338 g/mol. The number of rotatable bonds is 3. The highest BCUT2D eigenvalue weighted by Gasteiger charge is 2.52. The lowest BCUT2D eigenvalue weighted by atomic mass is 9.75. The minimum Gasteiger partial charge on any atom is -0.399 e. The summed E-state index contributed by atoms with van der Waals surface area (Å²) in [5.41, 5.74) is 1.85. The maximum absolute atomic E-state index is 12.5. The second-order valence-corrected chi connectivity index (χ2v) is 7.82. The van der Waals surface area contributed by atoms with Gasteiger partial charge in [-0.1, -0.05) is 11.6 Å². The van der Waals surface area contributed by atoms with E-state index in [0.717, 1.165) is 30.5 Å². The Labute approximate surface area is 156 Å². The Hall–Kier alpha value is -1.08. The molecule has 2 aliphatic rings. The summed E-state index contributed by atoms with van der Waals surface area (Å²) >= 11 is 0. The van der Waals surface area contributed by atoms with E-state index in [9.17, 15) is 4.79 Å². The second-order valence-electron chi connectivity index (χ2n) is 7.82. The lowest BCUT2D eigenvalue weighted by molar-refractivity contribution is 0.00578. The van der Waals surface area contributed by atoms with Crippen LogP contribution in [0.3, 0.4) is 0 Å². The van der Waals surface area contributed by atoms with Crippen molar-refractivity contribution in [2.75, 3.05) is 13.1 Å². The van der Waals surface area contributed by atoms with Crippen molar-refractivity contribution in [3.8, 4) is 0 Å². The van der Waals surface area contributed by atoms with E-state index < -0.39 is 18.3 Å². The molecule has 1 aromatic rings. The van der Waals surface area contributed by atoms with Crippen molar-refractivity contribution in [2.24, 2.45) is 0 Å². The molecule has 0 aromatic heterocycles. The van der Waals surface area contributed by atoms with Crippen LogP contribution in [0, 0.1) is 6.92 Å². The van der Waals surface area contributed by atoms with E-state index in [1.807, 2.05) is 52.8 Å². The Kier molecular flexibility index (Phi) is 5.89. The van der Waals surface area contributed by atoms with Crippen LogP contribution in [-0.4, -0.2) is 43.4 Å². The zero-order chi connectivity index (χ0) is 17.5. The Morgan fingerprint density at radius 3 is 2.44 bits per heavy atom. The van der Waals surface area contributed by atoms with Gasteiger partial charge in [-0.05, 0) is 65.2 Å². The smallest absolute Gasteiger partial charge is 0.399 e. The SMILES string of the molecule is Cc1ccc(C(=O)N[C@H]2CCNC2)cc1B1OC(C)(C)C(C)(C)O1.Cl. The largest absolute Gasteiger partial charge is 0.495 e. The highest BCUT2D eigenvalue weighted by atomic mass is 35.5. The maximum Gasteiger partial charge on any atom is 0.495 e. The van der Waals surface area contributed by atoms with Crippen LogP contribution in [0.25, 0.3) is 0 Å². The minimum absolute atomic E-state index is 0. The number of carbonyl (C=O) groups is 1. The summed E-state index contributed by atoms with van der Waals surface area (Å²) in [4.78, 5) is 12.5. The van der Waals surface area contributed by atoms with Crippen LogP contribution in [0.5, 0.6) is 0 Å². The fraction of sp³-hybridized carbons (Fsp3) is 0.611. The van der Waals surface area contributed by atoms with Gasteiger partial charge in [0.15, 0.2) is 0 Å². The molecule has 0 aliphatic carbocycles. The molecular formula is C18H28BClN2O3. The molecule has 0 spiro atoms. The summed E-state index contributed by atoms with van der Waals surface area (Å²) < 4.78 is 12.3. The number of benzene rings is 1. The Bertz CT molecular complexity index is 629. The van der Waals surface area contributed by atoms with Crippen LogP contribution in [0.1, 0.15) is 50.0 Å². The van der Waals surface area contributed by atoms with Crippen LogP contribution in [0.15, 0.2) is 18.2 Å². The van der Waals surface area contributed by atoms with Gasteiger partial charge in [-0.2, -0.15) is 0 Å². The minimum atomic E-state index is -0.448. The first-order valence-electron chi connectivity index (χ1n) is 8.67.